The largest absolute Gasteiger partial charge is 0.497 e. The van der Waals surface area contributed by atoms with Gasteiger partial charge in [0, 0.05) is 55.9 Å². The maximum atomic E-state index is 15.3. The Morgan fingerprint density at radius 2 is 1.70 bits per heavy atom. The minimum Gasteiger partial charge on any atom is -0.497 e. The van der Waals surface area contributed by atoms with Crippen molar-refractivity contribution in [2.24, 2.45) is 5.92 Å². The van der Waals surface area contributed by atoms with Crippen LogP contribution in [-0.2, 0) is 23.2 Å². The molecule has 326 valence electrons. The molecule has 10 rings (SSSR count). The molecule has 0 unspecified atom stereocenters. The summed E-state index contributed by atoms with van der Waals surface area (Å²) in [5.74, 6) is 0.175. The second-order valence-corrected chi connectivity index (χ2v) is 17.5. The van der Waals surface area contributed by atoms with Crippen LogP contribution in [0.15, 0.2) is 74.8 Å². The highest BCUT2D eigenvalue weighted by Gasteiger charge is 2.59. The second-order valence-electron chi connectivity index (χ2n) is 17.5. The third-order valence-electron chi connectivity index (χ3n) is 13.7. The summed E-state index contributed by atoms with van der Waals surface area (Å²) in [4.78, 5) is 69.7. The van der Waals surface area contributed by atoms with Crippen LogP contribution in [0.5, 0.6) is 5.75 Å². The monoisotopic (exact) mass is 856 g/mol. The van der Waals surface area contributed by atoms with Crippen LogP contribution in [-0.4, -0.2) is 86.0 Å². The molecular weight excluding hydrogens is 808 g/mol. The van der Waals surface area contributed by atoms with Crippen molar-refractivity contribution in [2.75, 3.05) is 44.9 Å². The summed E-state index contributed by atoms with van der Waals surface area (Å²) in [5.41, 5.74) is 4.02. The van der Waals surface area contributed by atoms with Gasteiger partial charge in [0.25, 0.3) is 11.5 Å². The summed E-state index contributed by atoms with van der Waals surface area (Å²) < 4.78 is 34.4. The Hall–Kier alpha value is -6.55. The van der Waals surface area contributed by atoms with Gasteiger partial charge in [-0.2, -0.15) is 0 Å². The number of nitrogens with zero attached hydrogens (tertiary/aromatic N) is 7. The van der Waals surface area contributed by atoms with E-state index in [1.54, 1.807) is 42.9 Å². The lowest BCUT2D eigenvalue weighted by molar-refractivity contribution is 0.0658. The van der Waals surface area contributed by atoms with E-state index >= 15 is 9.18 Å². The first kappa shape index (κ1) is 40.5. The SMILES string of the molecule is COc1ccc(CN2CCN(c3nc4c(c(=O)n3-c3cc(C)c(F)c(C)c3)CCN(C(=O)c3cc5cc(C6CCOCC6)ccc5n3[C@]3(c5noc(=O)[nH]5)C[C@H]3C)[C@H]4C)C2=O)cc1. The summed E-state index contributed by atoms with van der Waals surface area (Å²) in [6, 6.07) is 17.9. The van der Waals surface area contributed by atoms with Crippen LogP contribution in [0.1, 0.15) is 94.9 Å². The standard InChI is InChI=1S/C47H49FN8O7/c1-26-20-34(21-27(2)39(26)48)55-41(57)36-12-15-53(29(4)40(36)49-44(55)54-17-16-52(46(54)60)25-30-6-9-35(61-5)10-7-30)42(58)38-23-33-22-32(31-13-18-62-19-14-31)8-11-37(33)56(38)47(24-28(47)3)43-50-45(59)63-51-43/h6-11,20-23,28-29,31H,12-19,24-25H2,1-5H3,(H,50,51,59)/t28-,29+,47-/m1/s1. The molecule has 4 aliphatic rings. The molecule has 0 radical (unpaired) electrons. The number of nitrogens with one attached hydrogen (secondary N) is 1. The van der Waals surface area contributed by atoms with Crippen molar-refractivity contribution < 1.29 is 28.0 Å². The van der Waals surface area contributed by atoms with Crippen LogP contribution in [0, 0.1) is 25.6 Å². The van der Waals surface area contributed by atoms with Crippen molar-refractivity contribution in [2.45, 2.75) is 77.4 Å². The highest BCUT2D eigenvalue weighted by molar-refractivity contribution is 6.00. The van der Waals surface area contributed by atoms with E-state index in [1.165, 1.54) is 15.0 Å². The van der Waals surface area contributed by atoms with Crippen molar-refractivity contribution in [3.63, 3.8) is 0 Å². The van der Waals surface area contributed by atoms with Crippen molar-refractivity contribution in [1.82, 2.24) is 34.1 Å². The molecule has 1 saturated carbocycles. The van der Waals surface area contributed by atoms with Crippen LogP contribution in [0.4, 0.5) is 15.1 Å². The molecule has 3 aromatic carbocycles. The molecule has 0 spiro atoms. The second kappa shape index (κ2) is 15.4. The number of hydrogen-bond acceptors (Lipinski definition) is 9. The lowest BCUT2D eigenvalue weighted by Crippen LogP contribution is -2.45. The summed E-state index contributed by atoms with van der Waals surface area (Å²) in [6.07, 6.45) is 2.63. The highest BCUT2D eigenvalue weighted by atomic mass is 19.1. The average Bonchev–Trinajstić information content (AvgIpc) is 3.58. The third kappa shape index (κ3) is 6.64. The van der Waals surface area contributed by atoms with Gasteiger partial charge in [-0.05, 0) is 123 Å². The quantitative estimate of drug-likeness (QED) is 0.171. The summed E-state index contributed by atoms with van der Waals surface area (Å²) in [7, 11) is 1.60. The van der Waals surface area contributed by atoms with Crippen LogP contribution >= 0.6 is 0 Å². The first-order valence-electron chi connectivity index (χ1n) is 21.6. The number of aryl methyl sites for hydroxylation is 2. The molecule has 3 fully saturated rings. The molecule has 0 bridgehead atoms. The van der Waals surface area contributed by atoms with E-state index in [-0.39, 0.29) is 54.7 Å². The maximum Gasteiger partial charge on any atom is 0.438 e. The fraction of sp³-hybridized carbons (Fsp3) is 0.404. The first-order valence-corrected chi connectivity index (χ1v) is 21.6. The number of aromatic nitrogens is 5. The average molecular weight is 857 g/mol. The minimum absolute atomic E-state index is 0.0128. The molecule has 63 heavy (non-hydrogen) atoms. The zero-order valence-corrected chi connectivity index (χ0v) is 35.9. The normalized spacial score (nSPS) is 21.4. The molecule has 16 heteroatoms. The third-order valence-corrected chi connectivity index (χ3v) is 13.7. The molecule has 1 aliphatic carbocycles. The molecule has 3 aromatic heterocycles. The Bertz CT molecular complexity index is 2910. The predicted octanol–water partition coefficient (Wildman–Crippen LogP) is 6.51. The molecule has 2 saturated heterocycles. The number of carbonyl (C=O) groups excluding carboxylic acids is 2. The summed E-state index contributed by atoms with van der Waals surface area (Å²) in [5, 5.41) is 5.03. The number of ether oxygens (including phenoxy) is 2. The van der Waals surface area contributed by atoms with Crippen LogP contribution in [0.2, 0.25) is 0 Å². The van der Waals surface area contributed by atoms with Crippen LogP contribution in [0.25, 0.3) is 16.6 Å². The minimum atomic E-state index is -0.839. The van der Waals surface area contributed by atoms with Gasteiger partial charge < -0.3 is 23.8 Å². The van der Waals surface area contributed by atoms with Gasteiger partial charge in [-0.3, -0.25) is 24.0 Å². The van der Waals surface area contributed by atoms with Gasteiger partial charge in [0.2, 0.25) is 5.95 Å². The Kier molecular flexibility index (Phi) is 9.88. The molecule has 3 aliphatic heterocycles. The van der Waals surface area contributed by atoms with E-state index in [0.29, 0.717) is 84.0 Å². The van der Waals surface area contributed by atoms with E-state index < -0.39 is 17.3 Å². The van der Waals surface area contributed by atoms with E-state index in [9.17, 15) is 14.4 Å². The molecule has 3 amide bonds. The zero-order valence-electron chi connectivity index (χ0n) is 35.9. The number of rotatable bonds is 9. The van der Waals surface area contributed by atoms with Crippen molar-refractivity contribution >= 4 is 28.8 Å². The van der Waals surface area contributed by atoms with E-state index in [0.717, 1.165) is 29.3 Å². The number of urea groups is 1. The number of methoxy groups -OCH3 is 1. The van der Waals surface area contributed by atoms with Gasteiger partial charge in [-0.25, -0.2) is 23.5 Å². The van der Waals surface area contributed by atoms with Crippen LogP contribution in [0.3, 0.4) is 0 Å². The Morgan fingerprint density at radius 3 is 2.37 bits per heavy atom. The number of benzene rings is 3. The number of anilines is 1. The van der Waals surface area contributed by atoms with Gasteiger partial charge in [0.05, 0.1) is 24.5 Å². The number of aromatic amines is 1. The van der Waals surface area contributed by atoms with Crippen molar-refractivity contribution in [3.8, 4) is 11.4 Å². The lowest BCUT2D eigenvalue weighted by Gasteiger charge is -2.36. The highest BCUT2D eigenvalue weighted by Crippen LogP contribution is 2.56. The molecule has 15 nitrogen and oxygen atoms in total. The van der Waals surface area contributed by atoms with E-state index in [1.807, 2.05) is 41.8 Å². The Morgan fingerprint density at radius 1 is 0.968 bits per heavy atom. The van der Waals surface area contributed by atoms with Gasteiger partial charge in [0.1, 0.15) is 22.8 Å². The van der Waals surface area contributed by atoms with E-state index in [4.69, 9.17) is 19.0 Å². The number of carbonyl (C=O) groups is 2. The molecule has 1 N–H and O–H groups in total. The maximum absolute atomic E-state index is 15.3. The van der Waals surface area contributed by atoms with Crippen molar-refractivity contribution in [1.29, 1.82) is 0 Å². The smallest absolute Gasteiger partial charge is 0.438 e. The van der Waals surface area contributed by atoms with Crippen LogP contribution < -0.4 is 21.0 Å². The predicted molar refractivity (Wildman–Crippen MR) is 231 cm³/mol. The van der Waals surface area contributed by atoms with E-state index in [2.05, 4.69) is 35.3 Å². The summed E-state index contributed by atoms with van der Waals surface area (Å²) in [6.45, 7) is 9.74. The molecule has 3 atom stereocenters. The zero-order chi connectivity index (χ0) is 43.9. The lowest BCUT2D eigenvalue weighted by atomic mass is 9.91. The number of fused-ring (bicyclic) bond motifs is 2. The molecule has 6 aromatic rings. The first-order chi connectivity index (χ1) is 30.4. The number of hydrogen-bond donors (Lipinski definition) is 1. The Balaban J connectivity index is 1.06. The van der Waals surface area contributed by atoms with Gasteiger partial charge in [0.15, 0.2) is 5.82 Å². The van der Waals surface area contributed by atoms with Gasteiger partial charge in [-0.1, -0.05) is 30.3 Å². The molecule has 6 heterocycles. The summed E-state index contributed by atoms with van der Waals surface area (Å²) >= 11 is 0. The number of halogens is 1. The fourth-order valence-electron chi connectivity index (χ4n) is 10.1. The number of amides is 3. The fourth-order valence-corrected chi connectivity index (χ4v) is 10.1. The molecular formula is C47H49FN8O7. The van der Waals surface area contributed by atoms with Gasteiger partial charge in [-0.15, -0.1) is 0 Å². The topological polar surface area (TPSA) is 161 Å². The Labute approximate surface area is 362 Å². The van der Waals surface area contributed by atoms with Gasteiger partial charge >= 0.3 is 11.8 Å². The number of H-pyrrole nitrogens is 1. The van der Waals surface area contributed by atoms with Crippen molar-refractivity contribution in [3.05, 3.63) is 132 Å².